The fourth-order valence-corrected chi connectivity index (χ4v) is 3.94. The van der Waals surface area contributed by atoms with Gasteiger partial charge in [0.1, 0.15) is 0 Å². The van der Waals surface area contributed by atoms with Gasteiger partial charge in [-0.25, -0.2) is 9.97 Å². The summed E-state index contributed by atoms with van der Waals surface area (Å²) in [6.45, 7) is 1.95. The summed E-state index contributed by atoms with van der Waals surface area (Å²) in [5.41, 5.74) is 1.72. The molecular formula is C19H18Cl2N4OS. The number of aromatic nitrogens is 2. The Labute approximate surface area is 171 Å². The highest BCUT2D eigenvalue weighted by molar-refractivity contribution is 7.17. The number of thiophene rings is 1. The summed E-state index contributed by atoms with van der Waals surface area (Å²) in [4.78, 5) is 22.6. The zero-order chi connectivity index (χ0) is 19.4. The molecule has 2 N–H and O–H groups in total. The van der Waals surface area contributed by atoms with Crippen molar-refractivity contribution in [2.45, 2.75) is 19.4 Å². The van der Waals surface area contributed by atoms with Crippen LogP contribution in [0.25, 0.3) is 10.6 Å². The van der Waals surface area contributed by atoms with Gasteiger partial charge >= 0.3 is 0 Å². The molecule has 0 fully saturated rings. The van der Waals surface area contributed by atoms with Crippen LogP contribution in [0.15, 0.2) is 42.6 Å². The first-order valence-electron chi connectivity index (χ1n) is 8.32. The molecule has 0 radical (unpaired) electrons. The van der Waals surface area contributed by atoms with Gasteiger partial charge in [0.2, 0.25) is 5.95 Å². The first-order chi connectivity index (χ1) is 13.0. The summed E-state index contributed by atoms with van der Waals surface area (Å²) in [7, 11) is 1.76. The minimum Gasteiger partial charge on any atom is -0.357 e. The van der Waals surface area contributed by atoms with Crippen LogP contribution < -0.4 is 10.6 Å². The summed E-state index contributed by atoms with van der Waals surface area (Å²) in [5, 5.41) is 7.11. The molecule has 0 saturated heterocycles. The quantitative estimate of drug-likeness (QED) is 0.593. The highest BCUT2D eigenvalue weighted by Gasteiger charge is 2.15. The molecule has 1 atom stereocenters. The number of rotatable bonds is 6. The fourth-order valence-electron chi connectivity index (χ4n) is 2.58. The van der Waals surface area contributed by atoms with E-state index >= 15 is 0 Å². The number of hydrogen-bond acceptors (Lipinski definition) is 5. The number of nitrogens with zero attached hydrogens (tertiary/aromatic N) is 2. The second kappa shape index (κ2) is 8.69. The molecule has 5 nitrogen and oxygen atoms in total. The molecule has 0 saturated carbocycles. The molecule has 0 spiro atoms. The maximum Gasteiger partial charge on any atom is 0.261 e. The Balaban J connectivity index is 1.66. The second-order valence-corrected chi connectivity index (χ2v) is 7.92. The van der Waals surface area contributed by atoms with E-state index in [1.807, 2.05) is 25.1 Å². The first-order valence-corrected chi connectivity index (χ1v) is 9.89. The van der Waals surface area contributed by atoms with Crippen molar-refractivity contribution in [3.8, 4) is 10.6 Å². The summed E-state index contributed by atoms with van der Waals surface area (Å²) in [6.07, 6.45) is 2.31. The molecule has 27 heavy (non-hydrogen) atoms. The normalized spacial score (nSPS) is 11.9. The van der Waals surface area contributed by atoms with Gasteiger partial charge in [0, 0.05) is 29.3 Å². The Kier molecular flexibility index (Phi) is 6.31. The average molecular weight is 421 g/mol. The average Bonchev–Trinajstić information content (AvgIpc) is 3.14. The van der Waals surface area contributed by atoms with Crippen molar-refractivity contribution in [3.63, 3.8) is 0 Å². The number of carbonyl (C=O) groups is 1. The molecule has 1 amide bonds. The van der Waals surface area contributed by atoms with Crippen molar-refractivity contribution < 1.29 is 4.79 Å². The van der Waals surface area contributed by atoms with Gasteiger partial charge in [-0.05, 0) is 49.2 Å². The number of carbonyl (C=O) groups excluding carboxylic acids is 1. The monoisotopic (exact) mass is 420 g/mol. The minimum absolute atomic E-state index is 0.0725. The summed E-state index contributed by atoms with van der Waals surface area (Å²) in [5.74, 6) is 0.423. The highest BCUT2D eigenvalue weighted by Crippen LogP contribution is 2.27. The molecule has 3 aromatic rings. The molecule has 1 unspecified atom stereocenters. The molecule has 1 aromatic carbocycles. The smallest absolute Gasteiger partial charge is 0.261 e. The Morgan fingerprint density at radius 2 is 2.04 bits per heavy atom. The van der Waals surface area contributed by atoms with Crippen LogP contribution in [-0.2, 0) is 6.42 Å². The van der Waals surface area contributed by atoms with E-state index in [4.69, 9.17) is 23.2 Å². The van der Waals surface area contributed by atoms with Crippen LogP contribution >= 0.6 is 34.5 Å². The Morgan fingerprint density at radius 1 is 1.22 bits per heavy atom. The van der Waals surface area contributed by atoms with E-state index in [-0.39, 0.29) is 11.9 Å². The number of amides is 1. The van der Waals surface area contributed by atoms with E-state index in [1.54, 1.807) is 31.4 Å². The molecule has 0 bridgehead atoms. The van der Waals surface area contributed by atoms with Crippen LogP contribution in [0.3, 0.4) is 0 Å². The van der Waals surface area contributed by atoms with Crippen LogP contribution in [-0.4, -0.2) is 29.0 Å². The van der Waals surface area contributed by atoms with Crippen molar-refractivity contribution in [3.05, 3.63) is 63.1 Å². The van der Waals surface area contributed by atoms with Gasteiger partial charge in [-0.2, -0.15) is 0 Å². The molecule has 8 heteroatoms. The van der Waals surface area contributed by atoms with Gasteiger partial charge in [-0.1, -0.05) is 29.3 Å². The van der Waals surface area contributed by atoms with E-state index in [0.29, 0.717) is 27.3 Å². The third kappa shape index (κ3) is 4.97. The van der Waals surface area contributed by atoms with E-state index < -0.39 is 0 Å². The van der Waals surface area contributed by atoms with Crippen molar-refractivity contribution in [1.29, 1.82) is 0 Å². The summed E-state index contributed by atoms with van der Waals surface area (Å²) in [6, 6.07) is 10.8. The van der Waals surface area contributed by atoms with Crippen LogP contribution in [0.2, 0.25) is 10.0 Å². The zero-order valence-corrected chi connectivity index (χ0v) is 17.1. The molecule has 0 aliphatic heterocycles. The third-order valence-corrected chi connectivity index (χ3v) is 5.57. The minimum atomic E-state index is -0.119. The second-order valence-electron chi connectivity index (χ2n) is 5.99. The van der Waals surface area contributed by atoms with Gasteiger partial charge in [-0.15, -0.1) is 11.3 Å². The standard InChI is InChI=1S/C19H18Cl2N4OS/c1-11(9-12-3-4-13(20)10-14(12)21)24-18(26)17-6-5-16(27-17)15-7-8-23-19(22-2)25-15/h3-8,10-11H,9H2,1-2H3,(H,24,26)(H,22,23,25). The number of hydrogen-bond donors (Lipinski definition) is 2. The molecule has 0 aliphatic rings. The molecule has 2 aromatic heterocycles. The van der Waals surface area contributed by atoms with Gasteiger partial charge in [0.15, 0.2) is 0 Å². The van der Waals surface area contributed by atoms with Crippen LogP contribution in [0.5, 0.6) is 0 Å². The lowest BCUT2D eigenvalue weighted by Crippen LogP contribution is -2.33. The predicted molar refractivity (Wildman–Crippen MR) is 112 cm³/mol. The van der Waals surface area contributed by atoms with Crippen molar-refractivity contribution in [2.24, 2.45) is 0 Å². The van der Waals surface area contributed by atoms with E-state index in [0.717, 1.165) is 16.1 Å². The Morgan fingerprint density at radius 3 is 2.78 bits per heavy atom. The first kappa shape index (κ1) is 19.6. The van der Waals surface area contributed by atoms with Crippen LogP contribution in [0.1, 0.15) is 22.2 Å². The van der Waals surface area contributed by atoms with E-state index in [2.05, 4.69) is 20.6 Å². The lowest BCUT2D eigenvalue weighted by molar-refractivity contribution is 0.0944. The molecule has 0 aliphatic carbocycles. The Hall–Kier alpha value is -2.15. The molecule has 3 rings (SSSR count). The maximum atomic E-state index is 12.6. The largest absolute Gasteiger partial charge is 0.357 e. The van der Waals surface area contributed by atoms with Gasteiger partial charge < -0.3 is 10.6 Å². The lowest BCUT2D eigenvalue weighted by atomic mass is 10.1. The van der Waals surface area contributed by atoms with Gasteiger partial charge in [0.25, 0.3) is 5.91 Å². The number of anilines is 1. The predicted octanol–water partition coefficient (Wildman–Crippen LogP) is 4.91. The highest BCUT2D eigenvalue weighted by atomic mass is 35.5. The van der Waals surface area contributed by atoms with E-state index in [9.17, 15) is 4.79 Å². The third-order valence-electron chi connectivity index (χ3n) is 3.88. The van der Waals surface area contributed by atoms with Crippen molar-refractivity contribution in [2.75, 3.05) is 12.4 Å². The Bertz CT molecular complexity index is 960. The van der Waals surface area contributed by atoms with Crippen LogP contribution in [0, 0.1) is 0 Å². The van der Waals surface area contributed by atoms with Gasteiger partial charge in [0.05, 0.1) is 15.4 Å². The number of halogens is 2. The van der Waals surface area contributed by atoms with Crippen molar-refractivity contribution >= 4 is 46.4 Å². The van der Waals surface area contributed by atoms with Crippen LogP contribution in [0.4, 0.5) is 5.95 Å². The summed E-state index contributed by atoms with van der Waals surface area (Å²) < 4.78 is 0. The summed E-state index contributed by atoms with van der Waals surface area (Å²) >= 11 is 13.5. The zero-order valence-electron chi connectivity index (χ0n) is 14.8. The molecule has 2 heterocycles. The lowest BCUT2D eigenvalue weighted by Gasteiger charge is -2.14. The van der Waals surface area contributed by atoms with Crippen molar-refractivity contribution in [1.82, 2.24) is 15.3 Å². The molecule has 140 valence electrons. The molecular weight excluding hydrogens is 403 g/mol. The maximum absolute atomic E-state index is 12.6. The SMILES string of the molecule is CNc1nccc(-c2ccc(C(=O)NC(C)Cc3ccc(Cl)cc3Cl)s2)n1. The fraction of sp³-hybridized carbons (Fsp3) is 0.211. The van der Waals surface area contributed by atoms with E-state index in [1.165, 1.54) is 11.3 Å². The number of benzene rings is 1. The number of nitrogens with one attached hydrogen (secondary N) is 2. The van der Waals surface area contributed by atoms with Gasteiger partial charge in [-0.3, -0.25) is 4.79 Å². The topological polar surface area (TPSA) is 66.9 Å².